The second-order valence-electron chi connectivity index (χ2n) is 6.52. The molecule has 138 valence electrons. The van der Waals surface area contributed by atoms with Gasteiger partial charge in [0.15, 0.2) is 16.4 Å². The Kier molecular flexibility index (Phi) is 5.02. The van der Waals surface area contributed by atoms with Gasteiger partial charge in [0.1, 0.15) is 16.3 Å². The molecule has 0 unspecified atom stereocenters. The summed E-state index contributed by atoms with van der Waals surface area (Å²) in [5.74, 6) is -0.173. The Morgan fingerprint density at radius 3 is 2.64 bits per heavy atom. The van der Waals surface area contributed by atoms with Crippen LogP contribution in [0.2, 0.25) is 0 Å². The lowest BCUT2D eigenvalue weighted by Gasteiger charge is -2.49. The van der Waals surface area contributed by atoms with E-state index in [0.29, 0.717) is 25.4 Å². The fourth-order valence-corrected chi connectivity index (χ4v) is 5.91. The van der Waals surface area contributed by atoms with Gasteiger partial charge in [-0.05, 0) is 37.6 Å². The Morgan fingerprint density at radius 1 is 1.32 bits per heavy atom. The lowest BCUT2D eigenvalue weighted by Crippen LogP contribution is -2.69. The van der Waals surface area contributed by atoms with Gasteiger partial charge in [-0.3, -0.25) is 4.79 Å². The van der Waals surface area contributed by atoms with Gasteiger partial charge in [0.25, 0.3) is 5.91 Å². The third-order valence-electron chi connectivity index (χ3n) is 5.07. The van der Waals surface area contributed by atoms with Gasteiger partial charge < -0.3 is 14.4 Å². The topological polar surface area (TPSA) is 72.9 Å². The van der Waals surface area contributed by atoms with Crippen LogP contribution in [0.25, 0.3) is 0 Å². The summed E-state index contributed by atoms with van der Waals surface area (Å²) in [5, 5.41) is 0. The SMILES string of the molecule is CCOC[C@H]1CCS(=O)(=O)C12CN(C(=O)COc1ccc(F)cc1)C2. The van der Waals surface area contributed by atoms with Crippen molar-refractivity contribution >= 4 is 15.7 Å². The largest absolute Gasteiger partial charge is 0.484 e. The number of halogens is 1. The van der Waals surface area contributed by atoms with Gasteiger partial charge in [-0.2, -0.15) is 0 Å². The van der Waals surface area contributed by atoms with Crippen molar-refractivity contribution in [2.45, 2.75) is 18.1 Å². The highest BCUT2D eigenvalue weighted by atomic mass is 32.2. The Morgan fingerprint density at radius 2 is 2.00 bits per heavy atom. The molecule has 1 aromatic carbocycles. The summed E-state index contributed by atoms with van der Waals surface area (Å²) in [6.45, 7) is 3.01. The Balaban J connectivity index is 1.57. The average Bonchev–Trinajstić information content (AvgIpc) is 2.81. The molecule has 0 bridgehead atoms. The second kappa shape index (κ2) is 6.92. The zero-order chi connectivity index (χ0) is 18.1. The zero-order valence-electron chi connectivity index (χ0n) is 14.1. The first kappa shape index (κ1) is 18.1. The maximum Gasteiger partial charge on any atom is 0.260 e. The van der Waals surface area contributed by atoms with E-state index in [9.17, 15) is 17.6 Å². The molecule has 0 aliphatic carbocycles. The van der Waals surface area contributed by atoms with E-state index in [4.69, 9.17) is 9.47 Å². The molecule has 2 aliphatic rings. The highest BCUT2D eigenvalue weighted by Gasteiger charge is 2.62. The van der Waals surface area contributed by atoms with Crippen LogP contribution in [-0.2, 0) is 19.4 Å². The molecular weight excluding hydrogens is 349 g/mol. The molecule has 8 heteroatoms. The Hall–Kier alpha value is -1.67. The van der Waals surface area contributed by atoms with Crippen LogP contribution in [-0.4, -0.2) is 62.6 Å². The van der Waals surface area contributed by atoms with Crippen LogP contribution in [0.1, 0.15) is 13.3 Å². The predicted molar refractivity (Wildman–Crippen MR) is 89.6 cm³/mol. The van der Waals surface area contributed by atoms with Crippen LogP contribution < -0.4 is 4.74 Å². The van der Waals surface area contributed by atoms with Crippen molar-refractivity contribution < 1.29 is 27.1 Å². The molecule has 2 aliphatic heterocycles. The number of hydrogen-bond donors (Lipinski definition) is 0. The Bertz CT molecular complexity index is 728. The summed E-state index contributed by atoms with van der Waals surface area (Å²) in [6, 6.07) is 5.39. The van der Waals surface area contributed by atoms with Crippen LogP contribution in [0.4, 0.5) is 4.39 Å². The molecule has 1 aromatic rings. The molecule has 0 aromatic heterocycles. The number of rotatable bonds is 6. The molecule has 1 spiro atoms. The minimum atomic E-state index is -3.22. The smallest absolute Gasteiger partial charge is 0.260 e. The van der Waals surface area contributed by atoms with Crippen LogP contribution in [0.3, 0.4) is 0 Å². The van der Waals surface area contributed by atoms with E-state index in [1.807, 2.05) is 6.92 Å². The maximum absolute atomic E-state index is 12.8. The monoisotopic (exact) mass is 371 g/mol. The van der Waals surface area contributed by atoms with Crippen molar-refractivity contribution in [1.29, 1.82) is 0 Å². The van der Waals surface area contributed by atoms with Crippen LogP contribution in [0.15, 0.2) is 24.3 Å². The number of carbonyl (C=O) groups excluding carboxylic acids is 1. The standard InChI is InChI=1S/C17H22FNO5S/c1-2-23-9-13-7-8-25(21,22)17(13)11-19(12-17)16(20)10-24-15-5-3-14(18)4-6-15/h3-6,13H,2,7-12H2,1H3/t13-/m1/s1. The van der Waals surface area contributed by atoms with Crippen molar-refractivity contribution in [2.24, 2.45) is 5.92 Å². The third kappa shape index (κ3) is 3.37. The van der Waals surface area contributed by atoms with Crippen molar-refractivity contribution in [1.82, 2.24) is 4.90 Å². The zero-order valence-corrected chi connectivity index (χ0v) is 14.9. The number of hydrogen-bond acceptors (Lipinski definition) is 5. The Labute approximate surface area is 146 Å². The van der Waals surface area contributed by atoms with E-state index >= 15 is 0 Å². The number of amides is 1. The van der Waals surface area contributed by atoms with Crippen LogP contribution >= 0.6 is 0 Å². The normalized spacial score (nSPS) is 23.4. The second-order valence-corrected chi connectivity index (χ2v) is 8.97. The summed E-state index contributed by atoms with van der Waals surface area (Å²) >= 11 is 0. The minimum absolute atomic E-state index is 0.0699. The minimum Gasteiger partial charge on any atom is -0.484 e. The first-order chi connectivity index (χ1) is 11.9. The molecule has 3 rings (SSSR count). The molecular formula is C17H22FNO5S. The summed E-state index contributed by atoms with van der Waals surface area (Å²) in [7, 11) is -3.22. The highest BCUT2D eigenvalue weighted by Crippen LogP contribution is 2.44. The summed E-state index contributed by atoms with van der Waals surface area (Å²) in [4.78, 5) is 13.7. The number of likely N-dealkylation sites (tertiary alicyclic amines) is 1. The quantitative estimate of drug-likeness (QED) is 0.753. The van der Waals surface area contributed by atoms with Gasteiger partial charge in [0, 0.05) is 25.6 Å². The molecule has 2 heterocycles. The molecule has 0 radical (unpaired) electrons. The van der Waals surface area contributed by atoms with Gasteiger partial charge >= 0.3 is 0 Å². The van der Waals surface area contributed by atoms with Gasteiger partial charge in [0.05, 0.1) is 12.4 Å². The number of benzene rings is 1. The number of sulfone groups is 1. The number of nitrogens with zero attached hydrogens (tertiary/aromatic N) is 1. The first-order valence-electron chi connectivity index (χ1n) is 8.34. The predicted octanol–water partition coefficient (Wildman–Crippen LogP) is 1.26. The molecule has 2 saturated heterocycles. The van der Waals surface area contributed by atoms with Crippen molar-refractivity contribution in [3.63, 3.8) is 0 Å². The highest BCUT2D eigenvalue weighted by molar-refractivity contribution is 7.93. The molecule has 0 saturated carbocycles. The lowest BCUT2D eigenvalue weighted by atomic mass is 9.83. The maximum atomic E-state index is 12.8. The van der Waals surface area contributed by atoms with E-state index in [1.54, 1.807) is 0 Å². The van der Waals surface area contributed by atoms with E-state index in [2.05, 4.69) is 0 Å². The summed E-state index contributed by atoms with van der Waals surface area (Å²) in [6.07, 6.45) is 0.580. The number of ether oxygens (including phenoxy) is 2. The molecule has 25 heavy (non-hydrogen) atoms. The lowest BCUT2D eigenvalue weighted by molar-refractivity contribution is -0.140. The molecule has 1 atom stereocenters. The molecule has 1 amide bonds. The van der Waals surface area contributed by atoms with E-state index in [-0.39, 0.29) is 43.1 Å². The fourth-order valence-electron chi connectivity index (χ4n) is 3.51. The third-order valence-corrected chi connectivity index (χ3v) is 7.67. The molecule has 6 nitrogen and oxygen atoms in total. The summed E-state index contributed by atoms with van der Waals surface area (Å²) < 4.78 is 47.7. The number of carbonyl (C=O) groups is 1. The van der Waals surface area contributed by atoms with Gasteiger partial charge in [0.2, 0.25) is 0 Å². The van der Waals surface area contributed by atoms with Crippen molar-refractivity contribution in [2.75, 3.05) is 38.7 Å². The van der Waals surface area contributed by atoms with Gasteiger partial charge in [-0.25, -0.2) is 12.8 Å². The van der Waals surface area contributed by atoms with E-state index in [1.165, 1.54) is 29.2 Å². The summed E-state index contributed by atoms with van der Waals surface area (Å²) in [5.41, 5.74) is 0. The van der Waals surface area contributed by atoms with Crippen molar-refractivity contribution in [3.8, 4) is 5.75 Å². The van der Waals surface area contributed by atoms with Crippen molar-refractivity contribution in [3.05, 3.63) is 30.1 Å². The van der Waals surface area contributed by atoms with E-state index in [0.717, 1.165) is 0 Å². The van der Waals surface area contributed by atoms with Gasteiger partial charge in [-0.15, -0.1) is 0 Å². The van der Waals surface area contributed by atoms with E-state index < -0.39 is 14.6 Å². The van der Waals surface area contributed by atoms with Gasteiger partial charge in [-0.1, -0.05) is 0 Å². The molecule has 0 N–H and O–H groups in total. The van der Waals surface area contributed by atoms with Crippen LogP contribution in [0.5, 0.6) is 5.75 Å². The van der Waals surface area contributed by atoms with Crippen LogP contribution in [0, 0.1) is 11.7 Å². The fraction of sp³-hybridized carbons (Fsp3) is 0.588. The first-order valence-corrected chi connectivity index (χ1v) is 9.99. The molecule has 2 fully saturated rings. The average molecular weight is 371 g/mol.